The molecule has 3 aromatic rings. The smallest absolute Gasteiger partial charge is 0.182 e. The first-order valence-corrected chi connectivity index (χ1v) is 7.15. The van der Waals surface area contributed by atoms with Gasteiger partial charge >= 0.3 is 0 Å². The zero-order valence-corrected chi connectivity index (χ0v) is 12.4. The minimum absolute atomic E-state index is 0.0184. The quantitative estimate of drug-likeness (QED) is 0.736. The van der Waals surface area contributed by atoms with Crippen LogP contribution in [0.5, 0.6) is 5.75 Å². The molecule has 3 heteroatoms. The topological polar surface area (TPSA) is 31.2 Å². The van der Waals surface area contributed by atoms with Gasteiger partial charge in [0, 0.05) is 24.9 Å². The van der Waals surface area contributed by atoms with E-state index in [1.807, 2.05) is 60.8 Å². The van der Waals surface area contributed by atoms with Gasteiger partial charge in [-0.1, -0.05) is 42.5 Å². The van der Waals surface area contributed by atoms with Gasteiger partial charge < -0.3 is 9.30 Å². The normalized spacial score (nSPS) is 10.4. The highest BCUT2D eigenvalue weighted by Gasteiger charge is 2.05. The third kappa shape index (κ3) is 3.09. The summed E-state index contributed by atoms with van der Waals surface area (Å²) in [5, 5.41) is 0. The van der Waals surface area contributed by atoms with Crippen molar-refractivity contribution in [1.82, 2.24) is 4.57 Å². The molecular formula is C19H17NO2. The second-order valence-electron chi connectivity index (χ2n) is 5.09. The summed E-state index contributed by atoms with van der Waals surface area (Å²) in [6.07, 6.45) is 1.84. The SMILES string of the molecule is COc1ccc(Cn2ccc(=O)cc2-c2ccccc2)cc1. The average Bonchev–Trinajstić information content (AvgIpc) is 2.58. The summed E-state index contributed by atoms with van der Waals surface area (Å²) >= 11 is 0. The Morgan fingerprint density at radius 2 is 1.68 bits per heavy atom. The molecule has 0 fully saturated rings. The van der Waals surface area contributed by atoms with Gasteiger partial charge in [-0.05, 0) is 23.3 Å². The number of nitrogens with zero attached hydrogens (tertiary/aromatic N) is 1. The molecule has 0 radical (unpaired) electrons. The molecule has 3 rings (SSSR count). The molecular weight excluding hydrogens is 274 g/mol. The molecule has 0 amide bonds. The molecule has 0 saturated carbocycles. The Kier molecular flexibility index (Phi) is 4.05. The van der Waals surface area contributed by atoms with Crippen molar-refractivity contribution in [2.45, 2.75) is 6.54 Å². The van der Waals surface area contributed by atoms with Gasteiger partial charge in [0.1, 0.15) is 5.75 Å². The lowest BCUT2D eigenvalue weighted by Gasteiger charge is -2.14. The number of ether oxygens (including phenoxy) is 1. The van der Waals surface area contributed by atoms with Crippen molar-refractivity contribution in [2.75, 3.05) is 7.11 Å². The predicted molar refractivity (Wildman–Crippen MR) is 88.2 cm³/mol. The van der Waals surface area contributed by atoms with E-state index in [9.17, 15) is 4.79 Å². The molecule has 2 aromatic carbocycles. The Bertz CT molecular complexity index is 805. The van der Waals surface area contributed by atoms with Crippen molar-refractivity contribution < 1.29 is 4.74 Å². The molecule has 0 unspecified atom stereocenters. The monoisotopic (exact) mass is 291 g/mol. The third-order valence-electron chi connectivity index (χ3n) is 3.59. The molecule has 22 heavy (non-hydrogen) atoms. The Balaban J connectivity index is 1.98. The number of aromatic nitrogens is 1. The van der Waals surface area contributed by atoms with E-state index in [1.54, 1.807) is 19.2 Å². The number of rotatable bonds is 4. The van der Waals surface area contributed by atoms with E-state index in [0.717, 1.165) is 22.6 Å². The number of hydrogen-bond donors (Lipinski definition) is 0. The maximum absolute atomic E-state index is 11.7. The van der Waals surface area contributed by atoms with E-state index in [2.05, 4.69) is 4.57 Å². The van der Waals surface area contributed by atoms with Gasteiger partial charge in [0.15, 0.2) is 5.43 Å². The van der Waals surface area contributed by atoms with Crippen molar-refractivity contribution in [1.29, 1.82) is 0 Å². The summed E-state index contributed by atoms with van der Waals surface area (Å²) in [6, 6.07) is 21.2. The minimum atomic E-state index is 0.0184. The van der Waals surface area contributed by atoms with Crippen LogP contribution in [0.2, 0.25) is 0 Å². The molecule has 0 N–H and O–H groups in total. The molecule has 0 aliphatic heterocycles. The third-order valence-corrected chi connectivity index (χ3v) is 3.59. The number of methoxy groups -OCH3 is 1. The summed E-state index contributed by atoms with van der Waals surface area (Å²) in [5.41, 5.74) is 3.13. The second-order valence-corrected chi connectivity index (χ2v) is 5.09. The fraction of sp³-hybridized carbons (Fsp3) is 0.105. The Labute approximate surface area is 129 Å². The zero-order chi connectivity index (χ0) is 15.4. The van der Waals surface area contributed by atoms with Crippen molar-refractivity contribution in [3.05, 3.63) is 88.7 Å². The van der Waals surface area contributed by atoms with E-state index in [0.29, 0.717) is 6.54 Å². The van der Waals surface area contributed by atoms with Gasteiger partial charge in [-0.15, -0.1) is 0 Å². The van der Waals surface area contributed by atoms with E-state index >= 15 is 0 Å². The highest BCUT2D eigenvalue weighted by atomic mass is 16.5. The predicted octanol–water partition coefficient (Wildman–Crippen LogP) is 3.57. The lowest BCUT2D eigenvalue weighted by atomic mass is 10.1. The zero-order valence-electron chi connectivity index (χ0n) is 12.4. The van der Waals surface area contributed by atoms with Crippen LogP contribution in [-0.4, -0.2) is 11.7 Å². The van der Waals surface area contributed by atoms with Gasteiger partial charge in [0.25, 0.3) is 0 Å². The maximum Gasteiger partial charge on any atom is 0.182 e. The van der Waals surface area contributed by atoms with E-state index in [4.69, 9.17) is 4.74 Å². The van der Waals surface area contributed by atoms with Crippen LogP contribution in [0.1, 0.15) is 5.56 Å². The number of hydrogen-bond acceptors (Lipinski definition) is 2. The average molecular weight is 291 g/mol. The molecule has 0 bridgehead atoms. The Hall–Kier alpha value is -2.81. The fourth-order valence-corrected chi connectivity index (χ4v) is 2.43. The Morgan fingerprint density at radius 3 is 2.36 bits per heavy atom. The minimum Gasteiger partial charge on any atom is -0.497 e. The molecule has 3 nitrogen and oxygen atoms in total. The first kappa shape index (κ1) is 14.1. The first-order valence-electron chi connectivity index (χ1n) is 7.15. The van der Waals surface area contributed by atoms with Crippen LogP contribution in [0.3, 0.4) is 0 Å². The maximum atomic E-state index is 11.7. The van der Waals surface area contributed by atoms with Gasteiger partial charge in [-0.3, -0.25) is 4.79 Å². The summed E-state index contributed by atoms with van der Waals surface area (Å²) in [6.45, 7) is 0.703. The summed E-state index contributed by atoms with van der Waals surface area (Å²) in [4.78, 5) is 11.7. The van der Waals surface area contributed by atoms with Crippen molar-refractivity contribution >= 4 is 0 Å². The molecule has 0 aliphatic rings. The lowest BCUT2D eigenvalue weighted by Crippen LogP contribution is -2.09. The molecule has 110 valence electrons. The van der Waals surface area contributed by atoms with Crippen LogP contribution in [0.25, 0.3) is 11.3 Å². The fourth-order valence-electron chi connectivity index (χ4n) is 2.43. The van der Waals surface area contributed by atoms with Crippen LogP contribution in [0.15, 0.2) is 77.7 Å². The summed E-state index contributed by atoms with van der Waals surface area (Å²) < 4.78 is 7.26. The highest BCUT2D eigenvalue weighted by molar-refractivity contribution is 5.59. The Morgan fingerprint density at radius 1 is 0.955 bits per heavy atom. The van der Waals surface area contributed by atoms with E-state index in [-0.39, 0.29) is 5.43 Å². The van der Waals surface area contributed by atoms with Crippen molar-refractivity contribution in [2.24, 2.45) is 0 Å². The largest absolute Gasteiger partial charge is 0.497 e. The van der Waals surface area contributed by atoms with Crippen LogP contribution in [-0.2, 0) is 6.54 Å². The number of benzene rings is 2. The van der Waals surface area contributed by atoms with Crippen molar-refractivity contribution in [3.63, 3.8) is 0 Å². The first-order chi connectivity index (χ1) is 10.8. The molecule has 1 aromatic heterocycles. The van der Waals surface area contributed by atoms with E-state index < -0.39 is 0 Å². The molecule has 0 aliphatic carbocycles. The van der Waals surface area contributed by atoms with Gasteiger partial charge in [-0.2, -0.15) is 0 Å². The van der Waals surface area contributed by atoms with Gasteiger partial charge in [0.2, 0.25) is 0 Å². The van der Waals surface area contributed by atoms with Crippen LogP contribution < -0.4 is 10.2 Å². The van der Waals surface area contributed by atoms with Gasteiger partial charge in [0.05, 0.1) is 12.8 Å². The molecule has 0 spiro atoms. The summed E-state index contributed by atoms with van der Waals surface area (Å²) in [5.74, 6) is 0.840. The van der Waals surface area contributed by atoms with Gasteiger partial charge in [-0.25, -0.2) is 0 Å². The van der Waals surface area contributed by atoms with Crippen LogP contribution in [0, 0.1) is 0 Å². The second kappa shape index (κ2) is 6.31. The number of pyridine rings is 1. The lowest BCUT2D eigenvalue weighted by molar-refractivity contribution is 0.414. The van der Waals surface area contributed by atoms with Crippen molar-refractivity contribution in [3.8, 4) is 17.0 Å². The highest BCUT2D eigenvalue weighted by Crippen LogP contribution is 2.19. The van der Waals surface area contributed by atoms with E-state index in [1.165, 1.54) is 0 Å². The van der Waals surface area contributed by atoms with Crippen LogP contribution in [0.4, 0.5) is 0 Å². The van der Waals surface area contributed by atoms with Crippen LogP contribution >= 0.6 is 0 Å². The standard InChI is InChI=1S/C19H17NO2/c1-22-18-9-7-15(8-10-18)14-20-12-11-17(21)13-19(20)16-5-3-2-4-6-16/h2-13H,14H2,1H3. The molecule has 0 saturated heterocycles. The summed E-state index contributed by atoms with van der Waals surface area (Å²) in [7, 11) is 1.66. The molecule has 1 heterocycles. The molecule has 0 atom stereocenters.